The molecule has 0 aromatic heterocycles. The van der Waals surface area contributed by atoms with E-state index in [0.717, 1.165) is 51.6 Å². The minimum absolute atomic E-state index is 0.00519. The van der Waals surface area contributed by atoms with Crippen LogP contribution >= 0.6 is 0 Å². The zero-order chi connectivity index (χ0) is 10.0. The maximum absolute atomic E-state index is 12.1. The number of hydrogen-bond donors (Lipinski definition) is 1. The number of rotatable bonds is 2. The third-order valence-electron chi connectivity index (χ3n) is 3.50. The van der Waals surface area contributed by atoms with Crippen molar-refractivity contribution in [3.05, 3.63) is 0 Å². The van der Waals surface area contributed by atoms with Gasteiger partial charge >= 0.3 is 0 Å². The molecule has 0 bridgehead atoms. The van der Waals surface area contributed by atoms with Gasteiger partial charge in [0.05, 0.1) is 10.5 Å². The number of sulfone groups is 1. The van der Waals surface area contributed by atoms with Gasteiger partial charge in [-0.2, -0.15) is 0 Å². The van der Waals surface area contributed by atoms with Gasteiger partial charge in [-0.15, -0.1) is 0 Å². The fourth-order valence-electron chi connectivity index (χ4n) is 2.29. The van der Waals surface area contributed by atoms with Gasteiger partial charge in [-0.05, 0) is 45.2 Å². The molecule has 1 saturated carbocycles. The van der Waals surface area contributed by atoms with Crippen LogP contribution in [0.15, 0.2) is 0 Å². The Kier molecular flexibility index (Phi) is 3.12. The average Bonchev–Trinajstić information content (AvgIpc) is 2.26. The molecule has 3 nitrogen and oxygen atoms in total. The molecule has 1 atom stereocenters. The molecular formula is C10H19NO2S. The van der Waals surface area contributed by atoms with E-state index in [2.05, 4.69) is 5.32 Å². The Morgan fingerprint density at radius 2 is 1.50 bits per heavy atom. The van der Waals surface area contributed by atoms with Crippen molar-refractivity contribution in [1.29, 1.82) is 0 Å². The van der Waals surface area contributed by atoms with Crippen molar-refractivity contribution < 1.29 is 8.42 Å². The Morgan fingerprint density at radius 3 is 2.14 bits per heavy atom. The van der Waals surface area contributed by atoms with Crippen LogP contribution < -0.4 is 5.32 Å². The summed E-state index contributed by atoms with van der Waals surface area (Å²) in [7, 11) is -2.79. The summed E-state index contributed by atoms with van der Waals surface area (Å²) in [4.78, 5) is 0. The maximum Gasteiger partial charge on any atom is 0.156 e. The van der Waals surface area contributed by atoms with Crippen molar-refractivity contribution in [1.82, 2.24) is 5.32 Å². The Bertz CT molecular complexity index is 274. The Labute approximate surface area is 86.2 Å². The van der Waals surface area contributed by atoms with E-state index < -0.39 is 9.84 Å². The summed E-state index contributed by atoms with van der Waals surface area (Å²) >= 11 is 0. The molecule has 1 heterocycles. The fourth-order valence-corrected chi connectivity index (χ4v) is 4.76. The molecule has 1 unspecified atom stereocenters. The highest BCUT2D eigenvalue weighted by Crippen LogP contribution is 2.31. The predicted molar refractivity (Wildman–Crippen MR) is 57.1 cm³/mol. The molecule has 82 valence electrons. The van der Waals surface area contributed by atoms with Crippen molar-refractivity contribution in [3.63, 3.8) is 0 Å². The normalized spacial score (nSPS) is 30.7. The lowest BCUT2D eigenvalue weighted by atomic mass is 10.00. The van der Waals surface area contributed by atoms with Gasteiger partial charge in [-0.3, -0.25) is 0 Å². The third-order valence-corrected chi connectivity index (χ3v) is 6.31. The lowest BCUT2D eigenvalue weighted by Crippen LogP contribution is -2.37. The second-order valence-corrected chi connectivity index (χ2v) is 6.96. The maximum atomic E-state index is 12.1. The van der Waals surface area contributed by atoms with Gasteiger partial charge in [0.2, 0.25) is 0 Å². The first-order valence-corrected chi connectivity index (χ1v) is 7.25. The van der Waals surface area contributed by atoms with Crippen molar-refractivity contribution in [3.8, 4) is 0 Å². The Balaban J connectivity index is 2.03. The Hall–Kier alpha value is -0.0900. The first kappa shape index (κ1) is 10.4. The van der Waals surface area contributed by atoms with Crippen LogP contribution in [0, 0.1) is 0 Å². The molecule has 1 saturated heterocycles. The molecule has 1 N–H and O–H groups in total. The zero-order valence-corrected chi connectivity index (χ0v) is 9.35. The quantitative estimate of drug-likeness (QED) is 0.753. The van der Waals surface area contributed by atoms with Crippen LogP contribution in [0.3, 0.4) is 0 Å². The van der Waals surface area contributed by atoms with E-state index in [-0.39, 0.29) is 10.5 Å². The first-order chi connectivity index (χ1) is 6.71. The standard InChI is InChI=1S/C10H19NO2S/c12-14(13,9-3-1-4-9)10-5-2-7-11-8-6-10/h9-11H,1-8H2. The summed E-state index contributed by atoms with van der Waals surface area (Å²) in [5, 5.41) is 3.21. The highest BCUT2D eigenvalue weighted by Gasteiger charge is 2.37. The summed E-state index contributed by atoms with van der Waals surface area (Å²) in [6, 6.07) is 0. The fraction of sp³-hybridized carbons (Fsp3) is 1.00. The van der Waals surface area contributed by atoms with Crippen LogP contribution in [0.25, 0.3) is 0 Å². The van der Waals surface area contributed by atoms with Gasteiger partial charge in [0.25, 0.3) is 0 Å². The van der Waals surface area contributed by atoms with Gasteiger partial charge < -0.3 is 5.32 Å². The zero-order valence-electron chi connectivity index (χ0n) is 8.54. The van der Waals surface area contributed by atoms with Gasteiger partial charge in [0, 0.05) is 0 Å². The molecule has 4 heteroatoms. The molecule has 2 fully saturated rings. The summed E-state index contributed by atoms with van der Waals surface area (Å²) in [6.45, 7) is 1.85. The third kappa shape index (κ3) is 1.96. The van der Waals surface area contributed by atoms with Crippen LogP contribution in [0.2, 0.25) is 0 Å². The molecule has 0 aromatic rings. The van der Waals surface area contributed by atoms with E-state index in [9.17, 15) is 8.42 Å². The summed E-state index contributed by atoms with van der Waals surface area (Å²) in [6.07, 6.45) is 5.62. The minimum atomic E-state index is -2.79. The molecule has 0 aromatic carbocycles. The molecular weight excluding hydrogens is 198 g/mol. The SMILES string of the molecule is O=S(=O)(C1CCC1)C1CCCNCC1. The lowest BCUT2D eigenvalue weighted by Gasteiger charge is -2.29. The molecule has 2 aliphatic rings. The van der Waals surface area contributed by atoms with Gasteiger partial charge in [0.1, 0.15) is 0 Å². The molecule has 1 aliphatic carbocycles. The molecule has 0 spiro atoms. The second-order valence-electron chi connectivity index (χ2n) is 4.44. The van der Waals surface area contributed by atoms with Crippen LogP contribution in [0.5, 0.6) is 0 Å². The number of nitrogens with one attached hydrogen (secondary N) is 1. The van der Waals surface area contributed by atoms with Crippen LogP contribution in [-0.4, -0.2) is 32.0 Å². The van der Waals surface area contributed by atoms with E-state index in [1.54, 1.807) is 0 Å². The first-order valence-electron chi connectivity index (χ1n) is 5.64. The van der Waals surface area contributed by atoms with Crippen LogP contribution in [0.1, 0.15) is 38.5 Å². The van der Waals surface area contributed by atoms with Crippen LogP contribution in [-0.2, 0) is 9.84 Å². The Morgan fingerprint density at radius 1 is 0.857 bits per heavy atom. The van der Waals surface area contributed by atoms with Crippen molar-refractivity contribution in [2.75, 3.05) is 13.1 Å². The molecule has 14 heavy (non-hydrogen) atoms. The van der Waals surface area contributed by atoms with E-state index in [0.29, 0.717) is 0 Å². The molecule has 0 radical (unpaired) electrons. The topological polar surface area (TPSA) is 46.2 Å². The molecule has 1 aliphatic heterocycles. The van der Waals surface area contributed by atoms with E-state index in [4.69, 9.17) is 0 Å². The monoisotopic (exact) mass is 217 g/mol. The summed E-state index contributed by atoms with van der Waals surface area (Å²) in [5.74, 6) is 0. The molecule has 0 amide bonds. The summed E-state index contributed by atoms with van der Waals surface area (Å²) < 4.78 is 24.2. The van der Waals surface area contributed by atoms with Crippen molar-refractivity contribution in [2.45, 2.75) is 49.0 Å². The van der Waals surface area contributed by atoms with Crippen molar-refractivity contribution in [2.24, 2.45) is 0 Å². The van der Waals surface area contributed by atoms with Crippen LogP contribution in [0.4, 0.5) is 0 Å². The van der Waals surface area contributed by atoms with E-state index in [1.807, 2.05) is 0 Å². The second kappa shape index (κ2) is 4.19. The largest absolute Gasteiger partial charge is 0.317 e. The highest BCUT2D eigenvalue weighted by atomic mass is 32.2. The molecule has 2 rings (SSSR count). The average molecular weight is 217 g/mol. The van der Waals surface area contributed by atoms with Gasteiger partial charge in [-0.25, -0.2) is 8.42 Å². The van der Waals surface area contributed by atoms with Crippen molar-refractivity contribution >= 4 is 9.84 Å². The number of hydrogen-bond acceptors (Lipinski definition) is 3. The van der Waals surface area contributed by atoms with Gasteiger partial charge in [-0.1, -0.05) is 6.42 Å². The smallest absolute Gasteiger partial charge is 0.156 e. The summed E-state index contributed by atoms with van der Waals surface area (Å²) in [5.41, 5.74) is 0. The minimum Gasteiger partial charge on any atom is -0.317 e. The van der Waals surface area contributed by atoms with E-state index >= 15 is 0 Å². The predicted octanol–water partition coefficient (Wildman–Crippen LogP) is 1.10. The highest BCUT2D eigenvalue weighted by molar-refractivity contribution is 7.92. The van der Waals surface area contributed by atoms with E-state index in [1.165, 1.54) is 0 Å². The lowest BCUT2D eigenvalue weighted by molar-refractivity contribution is 0.465. The van der Waals surface area contributed by atoms with Gasteiger partial charge in [0.15, 0.2) is 9.84 Å².